The number of aryl methyl sites for hydroxylation is 2. The van der Waals surface area contributed by atoms with Crippen molar-refractivity contribution in [3.05, 3.63) is 82.4 Å². The van der Waals surface area contributed by atoms with Gasteiger partial charge in [0.15, 0.2) is 0 Å². The first kappa shape index (κ1) is 46.9. The van der Waals surface area contributed by atoms with E-state index in [4.69, 9.17) is 26.0 Å². The average Bonchev–Trinajstić information content (AvgIpc) is 3.22. The number of aliphatic hydroxyl groups is 1. The number of carbonyl (C=O) groups excluding carboxylic acids is 4. The van der Waals surface area contributed by atoms with Crippen LogP contribution in [0.25, 0.3) is 11.1 Å². The van der Waals surface area contributed by atoms with Gasteiger partial charge in [-0.15, -0.1) is 0 Å². The number of carboxylic acid groups (broad SMARTS) is 1. The van der Waals surface area contributed by atoms with E-state index < -0.39 is 54.8 Å². The predicted molar refractivity (Wildman–Crippen MR) is 222 cm³/mol. The minimum absolute atomic E-state index is 0.0632. The molecule has 1 aliphatic heterocycles. The van der Waals surface area contributed by atoms with Gasteiger partial charge in [0, 0.05) is 50.4 Å². The van der Waals surface area contributed by atoms with Crippen LogP contribution in [0.15, 0.2) is 54.6 Å². The molecular formula is C43H60N6O9. The molecule has 15 heteroatoms. The lowest BCUT2D eigenvalue weighted by Gasteiger charge is -2.29. The average molecular weight is 805 g/mol. The van der Waals surface area contributed by atoms with Crippen molar-refractivity contribution in [1.82, 2.24) is 20.9 Å². The van der Waals surface area contributed by atoms with Gasteiger partial charge in [0.2, 0.25) is 17.7 Å². The number of aliphatic carboxylic acids is 1. The lowest BCUT2D eigenvalue weighted by atomic mass is 9.94. The van der Waals surface area contributed by atoms with E-state index >= 15 is 0 Å². The van der Waals surface area contributed by atoms with Crippen LogP contribution in [0.4, 0.5) is 0 Å². The highest BCUT2D eigenvalue weighted by Crippen LogP contribution is 2.40. The molecule has 0 spiro atoms. The highest BCUT2D eigenvalue weighted by molar-refractivity contribution is 5.98. The molecule has 3 aromatic rings. The van der Waals surface area contributed by atoms with Crippen molar-refractivity contribution in [3.63, 3.8) is 0 Å². The van der Waals surface area contributed by atoms with Crippen LogP contribution in [0, 0.1) is 6.92 Å². The normalized spacial score (nSPS) is 15.1. The van der Waals surface area contributed by atoms with Crippen LogP contribution in [0.3, 0.4) is 0 Å². The van der Waals surface area contributed by atoms with Crippen LogP contribution < -0.4 is 36.9 Å². The zero-order valence-corrected chi connectivity index (χ0v) is 34.1. The van der Waals surface area contributed by atoms with Crippen LogP contribution in [0.1, 0.15) is 84.1 Å². The number of aliphatic hydroxyl groups excluding tert-OH is 1. The summed E-state index contributed by atoms with van der Waals surface area (Å²) in [4.78, 5) is 67.3. The smallest absolute Gasteiger partial charge is 0.326 e. The first-order chi connectivity index (χ1) is 28.0. The number of fused-ring (bicyclic) bond motifs is 5. The van der Waals surface area contributed by atoms with Crippen molar-refractivity contribution in [2.45, 2.75) is 77.3 Å². The van der Waals surface area contributed by atoms with Crippen LogP contribution in [-0.2, 0) is 32.0 Å². The zero-order chi connectivity index (χ0) is 42.6. The molecule has 0 aromatic heterocycles. The summed E-state index contributed by atoms with van der Waals surface area (Å²) in [5.74, 6) is -2.90. The topological polar surface area (TPSA) is 236 Å². The van der Waals surface area contributed by atoms with Gasteiger partial charge in [-0.25, -0.2) is 4.79 Å². The Bertz CT molecular complexity index is 1850. The Hall–Kier alpha value is -5.51. The van der Waals surface area contributed by atoms with E-state index in [0.29, 0.717) is 39.3 Å². The number of ether oxygens (including phenoxy) is 2. The number of hydrogen-bond donors (Lipinski definition) is 7. The van der Waals surface area contributed by atoms with Crippen molar-refractivity contribution in [1.29, 1.82) is 0 Å². The first-order valence-corrected chi connectivity index (χ1v) is 19.8. The summed E-state index contributed by atoms with van der Waals surface area (Å²) < 4.78 is 12.0. The Labute approximate surface area is 340 Å². The lowest BCUT2D eigenvalue weighted by Crippen LogP contribution is -2.49. The maximum Gasteiger partial charge on any atom is 0.326 e. The van der Waals surface area contributed by atoms with Gasteiger partial charge in [-0.2, -0.15) is 0 Å². The second kappa shape index (κ2) is 24.3. The summed E-state index contributed by atoms with van der Waals surface area (Å²) in [5, 5.41) is 24.7. The van der Waals surface area contributed by atoms with E-state index in [1.165, 1.54) is 44.1 Å². The Morgan fingerprint density at radius 2 is 1.52 bits per heavy atom. The Kier molecular flexibility index (Phi) is 19.6. The number of rotatable bonds is 18. The Morgan fingerprint density at radius 3 is 2.16 bits per heavy atom. The molecule has 316 valence electrons. The minimum Gasteiger partial charge on any atom is -0.492 e. The highest BCUT2D eigenvalue weighted by atomic mass is 16.5. The number of unbranched alkanes of at least 4 members (excludes halogenated alkanes) is 5. The largest absolute Gasteiger partial charge is 0.492 e. The molecule has 0 radical (unpaired) electrons. The molecule has 1 heterocycles. The lowest BCUT2D eigenvalue weighted by molar-refractivity contribution is -0.142. The van der Waals surface area contributed by atoms with Crippen LogP contribution in [-0.4, -0.2) is 104 Å². The van der Waals surface area contributed by atoms with Gasteiger partial charge in [-0.3, -0.25) is 19.2 Å². The van der Waals surface area contributed by atoms with Gasteiger partial charge < -0.3 is 52.0 Å². The van der Waals surface area contributed by atoms with E-state index in [9.17, 15) is 29.1 Å². The number of amides is 4. The van der Waals surface area contributed by atoms with Crippen molar-refractivity contribution in [2.75, 3.05) is 53.6 Å². The molecule has 15 nitrogen and oxygen atoms in total. The van der Waals surface area contributed by atoms with E-state index in [-0.39, 0.29) is 32.7 Å². The quantitative estimate of drug-likeness (QED) is 0.0924. The number of nitrogens with zero attached hydrogens (tertiary/aromatic N) is 1. The molecule has 2 atom stereocenters. The predicted octanol–water partition coefficient (Wildman–Crippen LogP) is 3.02. The summed E-state index contributed by atoms with van der Waals surface area (Å²) in [6.45, 7) is 3.88. The fourth-order valence-electron chi connectivity index (χ4n) is 6.69. The number of benzene rings is 3. The number of carbonyl (C=O) groups is 5. The summed E-state index contributed by atoms with van der Waals surface area (Å²) in [6.07, 6.45) is 8.04. The SMILES string of the molecule is CCCCCCCCc1ccc(C(=O)NCC(=O)N(C)C2C(=O)NCC(=O)NC(C(=O)O)Cc3ccc(OCCN)c(c3)-c3cc2ccc3OCCN)c(C)c1.CO. The zero-order valence-electron chi connectivity index (χ0n) is 34.1. The monoisotopic (exact) mass is 804 g/mol. The summed E-state index contributed by atoms with van der Waals surface area (Å²) in [5.41, 5.74) is 15.8. The standard InChI is InChI=1S/C42H56N6O8.CH4O/c1-4-5-6-7-8-9-10-28-11-14-31(27(2)21-28)40(51)46-26-38(50)48(3)39-30-13-16-36(56-20-18-44)33(24-30)32-22-29(12-15-35(32)55-19-17-43)23-34(42(53)54)47-37(49)25-45-41(39)52;1-2/h11-16,21-22,24,34,39H,4-10,17-20,23,25-26,43-44H2,1-3H3,(H,45,52)(H,46,51)(H,47,49)(H,53,54);2H,1H3. The molecule has 0 saturated heterocycles. The molecule has 0 aliphatic carbocycles. The van der Waals surface area contributed by atoms with Crippen LogP contribution in [0.2, 0.25) is 0 Å². The van der Waals surface area contributed by atoms with Crippen LogP contribution >= 0.6 is 0 Å². The van der Waals surface area contributed by atoms with Gasteiger partial charge >= 0.3 is 5.97 Å². The summed E-state index contributed by atoms with van der Waals surface area (Å²) >= 11 is 0. The second-order valence-corrected chi connectivity index (χ2v) is 14.0. The fraction of sp³-hybridized carbons (Fsp3) is 0.465. The molecule has 9 N–H and O–H groups in total. The Morgan fingerprint density at radius 1 is 0.879 bits per heavy atom. The van der Waals surface area contributed by atoms with Crippen LogP contribution in [0.5, 0.6) is 11.5 Å². The third-order valence-electron chi connectivity index (χ3n) is 9.68. The van der Waals surface area contributed by atoms with E-state index in [0.717, 1.165) is 31.1 Å². The Balaban J connectivity index is 0.00000443. The van der Waals surface area contributed by atoms with Crippen molar-refractivity contribution in [2.24, 2.45) is 11.5 Å². The molecule has 0 saturated carbocycles. The molecule has 58 heavy (non-hydrogen) atoms. The molecule has 4 bridgehead atoms. The molecule has 2 unspecified atom stereocenters. The van der Waals surface area contributed by atoms with E-state index in [2.05, 4.69) is 22.9 Å². The van der Waals surface area contributed by atoms with Gasteiger partial charge in [0.25, 0.3) is 5.91 Å². The second-order valence-electron chi connectivity index (χ2n) is 14.0. The minimum atomic E-state index is -1.31. The highest BCUT2D eigenvalue weighted by Gasteiger charge is 2.31. The maximum absolute atomic E-state index is 13.9. The maximum atomic E-state index is 13.9. The molecular weight excluding hydrogens is 745 g/mol. The third kappa shape index (κ3) is 13.6. The van der Waals surface area contributed by atoms with Gasteiger partial charge in [0.1, 0.15) is 36.8 Å². The molecule has 1 aliphatic rings. The number of likely N-dealkylation sites (N-methyl/N-ethyl adjacent to an activating group) is 1. The van der Waals surface area contributed by atoms with Crippen molar-refractivity contribution < 1.29 is 43.7 Å². The molecule has 4 amide bonds. The number of carboxylic acids is 1. The molecule has 4 rings (SSSR count). The van der Waals surface area contributed by atoms with Gasteiger partial charge in [-0.1, -0.05) is 63.3 Å². The number of hydrogen-bond acceptors (Lipinski definition) is 10. The van der Waals surface area contributed by atoms with Gasteiger partial charge in [0.05, 0.1) is 13.1 Å². The van der Waals surface area contributed by atoms with Crippen molar-refractivity contribution in [3.8, 4) is 22.6 Å². The molecule has 3 aromatic carbocycles. The van der Waals surface area contributed by atoms with E-state index in [1.54, 1.807) is 42.5 Å². The fourth-order valence-corrected chi connectivity index (χ4v) is 6.69. The van der Waals surface area contributed by atoms with Crippen molar-refractivity contribution >= 4 is 29.6 Å². The number of nitrogens with one attached hydrogen (secondary N) is 3. The van der Waals surface area contributed by atoms with Gasteiger partial charge in [-0.05, 0) is 72.4 Å². The summed E-state index contributed by atoms with van der Waals surface area (Å²) in [6, 6.07) is 13.2. The summed E-state index contributed by atoms with van der Waals surface area (Å²) in [7, 11) is 2.43. The van der Waals surface area contributed by atoms with E-state index in [1.807, 2.05) is 19.1 Å². The number of nitrogens with two attached hydrogens (primary N) is 2. The third-order valence-corrected chi connectivity index (χ3v) is 9.68. The first-order valence-electron chi connectivity index (χ1n) is 19.8. The molecule has 0 fully saturated rings.